The Morgan fingerprint density at radius 1 is 1.32 bits per heavy atom. The van der Waals surface area contributed by atoms with Gasteiger partial charge >= 0.3 is 5.97 Å². The summed E-state index contributed by atoms with van der Waals surface area (Å²) in [5.74, 6) is 0.200. The van der Waals surface area contributed by atoms with Crippen molar-refractivity contribution in [3.05, 3.63) is 38.5 Å². The predicted octanol–water partition coefficient (Wildman–Crippen LogP) is 1.43. The first-order valence-electron chi connectivity index (χ1n) is 7.04. The van der Waals surface area contributed by atoms with Crippen LogP contribution in [0.15, 0.2) is 22.0 Å². The molecule has 0 saturated heterocycles. The number of aryl methyl sites for hydroxylation is 1. The first-order valence-corrected chi connectivity index (χ1v) is 7.45. The normalized spacial score (nSPS) is 10.7. The fourth-order valence-corrected chi connectivity index (χ4v) is 2.10. The van der Waals surface area contributed by atoms with Gasteiger partial charge in [0.1, 0.15) is 5.69 Å². The van der Waals surface area contributed by atoms with Crippen LogP contribution in [0.1, 0.15) is 18.2 Å². The second-order valence-corrected chi connectivity index (χ2v) is 5.21. The number of rotatable bonds is 5. The van der Waals surface area contributed by atoms with Gasteiger partial charge in [-0.2, -0.15) is 14.9 Å². The Bertz CT molecular complexity index is 923. The summed E-state index contributed by atoms with van der Waals surface area (Å²) in [4.78, 5) is 23.3. The maximum atomic E-state index is 12.0. The Kier molecular flexibility index (Phi) is 5.65. The molecule has 0 aliphatic heterocycles. The maximum absolute atomic E-state index is 12.0. The van der Waals surface area contributed by atoms with Crippen LogP contribution < -0.4 is 19.8 Å². The first-order chi connectivity index (χ1) is 11.9. The second kappa shape index (κ2) is 7.71. The lowest BCUT2D eigenvalue weighted by Crippen LogP contribution is -2.22. The fraction of sp³-hybridized carbons (Fsp3) is 0.267. The number of carbonyl (C=O) groups excluding carboxylic acids is 1. The highest BCUT2D eigenvalue weighted by atomic mass is 32.1. The average molecular weight is 364 g/mol. The van der Waals surface area contributed by atoms with Crippen molar-refractivity contribution < 1.29 is 19.0 Å². The molecule has 0 fully saturated rings. The van der Waals surface area contributed by atoms with Crippen molar-refractivity contribution in [2.24, 2.45) is 5.10 Å². The van der Waals surface area contributed by atoms with E-state index in [1.165, 1.54) is 27.4 Å². The van der Waals surface area contributed by atoms with Gasteiger partial charge in [-0.15, -0.1) is 0 Å². The van der Waals surface area contributed by atoms with E-state index >= 15 is 0 Å². The van der Waals surface area contributed by atoms with E-state index in [0.717, 1.165) is 4.68 Å². The summed E-state index contributed by atoms with van der Waals surface area (Å²) >= 11 is 5.00. The van der Waals surface area contributed by atoms with E-state index in [9.17, 15) is 9.59 Å². The molecule has 9 nitrogen and oxygen atoms in total. The first kappa shape index (κ1) is 18.3. The Hall–Kier alpha value is -3.01. The summed E-state index contributed by atoms with van der Waals surface area (Å²) in [6.45, 7) is 2.81. The van der Waals surface area contributed by atoms with E-state index in [-0.39, 0.29) is 27.7 Å². The van der Waals surface area contributed by atoms with Crippen LogP contribution in [0.5, 0.6) is 17.2 Å². The molecule has 2 rings (SSSR count). The van der Waals surface area contributed by atoms with Gasteiger partial charge in [0.05, 0.1) is 20.4 Å². The molecule has 0 saturated carbocycles. The van der Waals surface area contributed by atoms with Gasteiger partial charge in [0.25, 0.3) is 5.56 Å². The average Bonchev–Trinajstić information content (AvgIpc) is 2.58. The molecular weight excluding hydrogens is 348 g/mol. The smallest absolute Gasteiger partial charge is 0.308 e. The Labute approximate surface area is 147 Å². The molecule has 0 aliphatic rings. The number of H-pyrrole nitrogens is 1. The zero-order chi connectivity index (χ0) is 18.6. The van der Waals surface area contributed by atoms with Crippen LogP contribution in [-0.2, 0) is 4.79 Å². The molecule has 1 aromatic heterocycles. The van der Waals surface area contributed by atoms with Crippen molar-refractivity contribution in [3.8, 4) is 17.2 Å². The van der Waals surface area contributed by atoms with E-state index in [2.05, 4.69) is 15.3 Å². The van der Waals surface area contributed by atoms with Gasteiger partial charge in [-0.1, -0.05) is 0 Å². The molecule has 1 heterocycles. The summed E-state index contributed by atoms with van der Waals surface area (Å²) in [5.41, 5.74) is 0.335. The topological polar surface area (TPSA) is 108 Å². The standard InChI is InChI=1S/C15H16N4O5S/c1-8-14(21)19(15(25)18-17-8)16-7-10-5-11(22-3)13(24-9(2)20)12(6-10)23-4/h5-7H,1-4H3,(H,18,25). The number of nitrogens with zero attached hydrogens (tertiary/aromatic N) is 3. The number of hydrogen-bond acceptors (Lipinski definition) is 8. The highest BCUT2D eigenvalue weighted by Gasteiger charge is 2.15. The molecule has 0 spiro atoms. The summed E-state index contributed by atoms with van der Waals surface area (Å²) in [6, 6.07) is 3.16. The largest absolute Gasteiger partial charge is 0.493 e. The molecule has 2 aromatic rings. The molecule has 0 amide bonds. The molecule has 0 aliphatic carbocycles. The number of benzene rings is 1. The molecule has 1 N–H and O–H groups in total. The minimum Gasteiger partial charge on any atom is -0.493 e. The second-order valence-electron chi connectivity index (χ2n) is 4.82. The van der Waals surface area contributed by atoms with E-state index < -0.39 is 11.5 Å². The van der Waals surface area contributed by atoms with Crippen LogP contribution in [0, 0.1) is 11.7 Å². The van der Waals surface area contributed by atoms with Crippen LogP contribution in [0.25, 0.3) is 0 Å². The summed E-state index contributed by atoms with van der Waals surface area (Å²) in [6.07, 6.45) is 1.40. The molecular formula is C15H16N4O5S. The van der Waals surface area contributed by atoms with Gasteiger partial charge in [-0.3, -0.25) is 14.7 Å². The molecule has 1 aromatic carbocycles. The van der Waals surface area contributed by atoms with Crippen molar-refractivity contribution >= 4 is 24.4 Å². The lowest BCUT2D eigenvalue weighted by Gasteiger charge is -2.13. The zero-order valence-corrected chi connectivity index (χ0v) is 14.8. The molecule has 0 radical (unpaired) electrons. The van der Waals surface area contributed by atoms with Gasteiger partial charge < -0.3 is 14.2 Å². The van der Waals surface area contributed by atoms with E-state index in [1.54, 1.807) is 19.1 Å². The Balaban J connectivity index is 2.51. The number of ether oxygens (including phenoxy) is 3. The van der Waals surface area contributed by atoms with Crippen molar-refractivity contribution in [3.63, 3.8) is 0 Å². The molecule has 10 heteroatoms. The third-order valence-corrected chi connectivity index (χ3v) is 3.33. The number of hydrogen-bond donors (Lipinski definition) is 1. The minimum absolute atomic E-state index is 0.0577. The van der Waals surface area contributed by atoms with Gasteiger partial charge in [-0.25, -0.2) is 0 Å². The number of esters is 1. The van der Waals surface area contributed by atoms with E-state index in [0.29, 0.717) is 5.56 Å². The highest BCUT2D eigenvalue weighted by molar-refractivity contribution is 7.71. The maximum Gasteiger partial charge on any atom is 0.308 e. The van der Waals surface area contributed by atoms with Crippen molar-refractivity contribution in [2.75, 3.05) is 14.2 Å². The van der Waals surface area contributed by atoms with Crippen LogP contribution in [0.3, 0.4) is 0 Å². The number of aromatic amines is 1. The van der Waals surface area contributed by atoms with Crippen molar-refractivity contribution in [1.29, 1.82) is 0 Å². The molecule has 0 unspecified atom stereocenters. The summed E-state index contributed by atoms with van der Waals surface area (Å²) in [7, 11) is 2.85. The highest BCUT2D eigenvalue weighted by Crippen LogP contribution is 2.38. The fourth-order valence-electron chi connectivity index (χ4n) is 1.92. The van der Waals surface area contributed by atoms with Gasteiger partial charge in [-0.05, 0) is 31.3 Å². The zero-order valence-electron chi connectivity index (χ0n) is 14.0. The Morgan fingerprint density at radius 2 is 1.92 bits per heavy atom. The van der Waals surface area contributed by atoms with Crippen molar-refractivity contribution in [2.45, 2.75) is 13.8 Å². The van der Waals surface area contributed by atoms with Crippen LogP contribution in [0.2, 0.25) is 0 Å². The lowest BCUT2D eigenvalue weighted by molar-refractivity contribution is -0.132. The third-order valence-electron chi connectivity index (χ3n) is 3.06. The van der Waals surface area contributed by atoms with Gasteiger partial charge in [0, 0.05) is 12.5 Å². The van der Waals surface area contributed by atoms with Crippen molar-refractivity contribution in [1.82, 2.24) is 14.9 Å². The quantitative estimate of drug-likeness (QED) is 0.370. The van der Waals surface area contributed by atoms with E-state index in [4.69, 9.17) is 26.4 Å². The minimum atomic E-state index is -0.511. The van der Waals surface area contributed by atoms with Crippen LogP contribution >= 0.6 is 12.2 Å². The summed E-state index contributed by atoms with van der Waals surface area (Å²) in [5, 5.41) is 10.4. The van der Waals surface area contributed by atoms with Gasteiger partial charge in [0.15, 0.2) is 11.5 Å². The molecule has 0 atom stereocenters. The summed E-state index contributed by atoms with van der Waals surface area (Å²) < 4.78 is 16.6. The monoisotopic (exact) mass is 364 g/mol. The third kappa shape index (κ3) is 4.10. The number of methoxy groups -OCH3 is 2. The van der Waals surface area contributed by atoms with E-state index in [1.807, 2.05) is 0 Å². The molecule has 132 valence electrons. The van der Waals surface area contributed by atoms with Crippen LogP contribution in [-0.4, -0.2) is 41.3 Å². The SMILES string of the molecule is COc1cc(C=Nn2c(=S)[nH]nc(C)c2=O)cc(OC)c1OC(C)=O. The number of nitrogens with one attached hydrogen (secondary N) is 1. The predicted molar refractivity (Wildman–Crippen MR) is 92.3 cm³/mol. The lowest BCUT2D eigenvalue weighted by atomic mass is 10.2. The Morgan fingerprint density at radius 3 is 2.44 bits per heavy atom. The number of aromatic nitrogens is 3. The van der Waals surface area contributed by atoms with Crippen LogP contribution in [0.4, 0.5) is 0 Å². The number of carbonyl (C=O) groups is 1. The molecule has 25 heavy (non-hydrogen) atoms. The van der Waals surface area contributed by atoms with Gasteiger partial charge in [0.2, 0.25) is 10.5 Å². The molecule has 0 bridgehead atoms.